The fourth-order valence-electron chi connectivity index (χ4n) is 2.68. The first-order valence-corrected chi connectivity index (χ1v) is 11.1. The molecule has 0 fully saturated rings. The third-order valence-corrected chi connectivity index (χ3v) is 7.71. The lowest BCUT2D eigenvalue weighted by atomic mass is 10.0. The van der Waals surface area contributed by atoms with E-state index in [1.807, 2.05) is 60.7 Å². The van der Waals surface area contributed by atoms with Crippen molar-refractivity contribution < 1.29 is 13.2 Å². The fraction of sp³-hybridized carbons (Fsp3) is 0.190. The van der Waals surface area contributed by atoms with Gasteiger partial charge in [0.2, 0.25) is 0 Å². The highest BCUT2D eigenvalue weighted by atomic mass is 32.2. The van der Waals surface area contributed by atoms with Gasteiger partial charge in [-0.3, -0.25) is 0 Å². The molecule has 0 radical (unpaired) electrons. The predicted octanol–water partition coefficient (Wildman–Crippen LogP) is 4.57. The van der Waals surface area contributed by atoms with Crippen LogP contribution in [0.5, 0.6) is 5.75 Å². The second-order valence-electron chi connectivity index (χ2n) is 6.05. The fourth-order valence-corrected chi connectivity index (χ4v) is 5.41. The summed E-state index contributed by atoms with van der Waals surface area (Å²) in [6.45, 7) is 2.17. The van der Waals surface area contributed by atoms with Crippen LogP contribution in [0.4, 0.5) is 5.69 Å². The summed E-state index contributed by atoms with van der Waals surface area (Å²) >= 11 is 1.12. The summed E-state index contributed by atoms with van der Waals surface area (Å²) in [6.07, 6.45) is 0. The smallest absolute Gasteiger partial charge is 0.256 e. The lowest BCUT2D eigenvalue weighted by Gasteiger charge is -2.14. The van der Waals surface area contributed by atoms with Crippen molar-refractivity contribution in [3.05, 3.63) is 77.2 Å². The Morgan fingerprint density at radius 2 is 1.57 bits per heavy atom. The lowest BCUT2D eigenvalue weighted by Crippen LogP contribution is -2.26. The predicted molar refractivity (Wildman–Crippen MR) is 115 cm³/mol. The number of nitrogens with zero attached hydrogens (tertiary/aromatic N) is 2. The van der Waals surface area contributed by atoms with Crippen LogP contribution in [0.2, 0.25) is 0 Å². The first kappa shape index (κ1) is 20.3. The Labute approximate surface area is 170 Å². The minimum absolute atomic E-state index is 0.165. The highest BCUT2D eigenvalue weighted by Crippen LogP contribution is 2.42. The number of thiophene rings is 1. The van der Waals surface area contributed by atoms with Gasteiger partial charge in [0.1, 0.15) is 5.69 Å². The minimum Gasteiger partial charge on any atom is -0.492 e. The van der Waals surface area contributed by atoms with Gasteiger partial charge in [0, 0.05) is 30.1 Å². The molecule has 0 unspecified atom stereocenters. The first-order chi connectivity index (χ1) is 13.5. The van der Waals surface area contributed by atoms with Gasteiger partial charge in [0.25, 0.3) is 10.0 Å². The monoisotopic (exact) mass is 414 g/mol. The van der Waals surface area contributed by atoms with Gasteiger partial charge in [-0.15, -0.1) is 11.3 Å². The summed E-state index contributed by atoms with van der Waals surface area (Å²) in [5.74, 6) is 0.273. The van der Waals surface area contributed by atoms with Gasteiger partial charge < -0.3 is 4.74 Å². The second kappa shape index (κ2) is 8.68. The van der Waals surface area contributed by atoms with Crippen LogP contribution >= 0.6 is 11.3 Å². The normalized spacial score (nSPS) is 11.4. The molecular formula is C21H22N2O3S2. The topological polar surface area (TPSA) is 59.0 Å². The molecule has 1 aromatic heterocycles. The Balaban J connectivity index is 2.17. The summed E-state index contributed by atoms with van der Waals surface area (Å²) in [5, 5.41) is 1.72. The summed E-state index contributed by atoms with van der Waals surface area (Å²) in [7, 11) is -0.597. The van der Waals surface area contributed by atoms with Gasteiger partial charge in [-0.25, -0.2) is 17.7 Å². The Morgan fingerprint density at radius 1 is 1.04 bits per heavy atom. The van der Waals surface area contributed by atoms with Gasteiger partial charge in [-0.1, -0.05) is 67.6 Å². The molecule has 0 amide bonds. The molecule has 0 bridgehead atoms. The van der Waals surface area contributed by atoms with Crippen molar-refractivity contribution in [2.45, 2.75) is 11.1 Å². The van der Waals surface area contributed by atoms with Crippen LogP contribution in [0.15, 0.2) is 75.2 Å². The van der Waals surface area contributed by atoms with Crippen molar-refractivity contribution in [3.63, 3.8) is 0 Å². The number of methoxy groups -OCH3 is 1. The van der Waals surface area contributed by atoms with Gasteiger partial charge in [0.15, 0.2) is 9.96 Å². The van der Waals surface area contributed by atoms with Crippen LogP contribution in [-0.4, -0.2) is 39.1 Å². The van der Waals surface area contributed by atoms with Gasteiger partial charge in [-0.2, -0.15) is 0 Å². The number of sulfonamides is 1. The van der Waals surface area contributed by atoms with E-state index in [1.54, 1.807) is 19.4 Å². The SMILES string of the molecule is CCN(C)S(=O)(=O)c1scc(N=C(c2ccccc2)c2ccccc2)c1OC. The molecule has 0 saturated heterocycles. The van der Waals surface area contributed by atoms with Crippen LogP contribution in [0, 0.1) is 0 Å². The number of rotatable bonds is 7. The Kier molecular flexibility index (Phi) is 6.28. The third kappa shape index (κ3) is 4.01. The number of hydrogen-bond donors (Lipinski definition) is 0. The quantitative estimate of drug-likeness (QED) is 0.532. The van der Waals surface area contributed by atoms with E-state index in [0.29, 0.717) is 12.2 Å². The number of ether oxygens (including phenoxy) is 1. The molecule has 146 valence electrons. The maximum absolute atomic E-state index is 12.8. The Hall–Kier alpha value is -2.48. The van der Waals surface area contributed by atoms with Crippen molar-refractivity contribution in [3.8, 4) is 5.75 Å². The first-order valence-electron chi connectivity index (χ1n) is 8.80. The molecule has 7 heteroatoms. The summed E-state index contributed by atoms with van der Waals surface area (Å²) in [4.78, 5) is 4.81. The molecule has 0 atom stereocenters. The van der Waals surface area contributed by atoms with Crippen LogP contribution in [0.25, 0.3) is 0 Å². The minimum atomic E-state index is -3.62. The molecular weight excluding hydrogens is 392 g/mol. The maximum Gasteiger partial charge on any atom is 0.256 e. The van der Waals surface area contributed by atoms with E-state index in [1.165, 1.54) is 11.4 Å². The molecule has 0 N–H and O–H groups in total. The highest BCUT2D eigenvalue weighted by Gasteiger charge is 2.28. The van der Waals surface area contributed by atoms with Gasteiger partial charge >= 0.3 is 0 Å². The average Bonchev–Trinajstić information content (AvgIpc) is 3.16. The molecule has 0 spiro atoms. The average molecular weight is 415 g/mol. The molecule has 3 aromatic rings. The van der Waals surface area contributed by atoms with Gasteiger partial charge in [0.05, 0.1) is 12.8 Å². The molecule has 3 rings (SSSR count). The van der Waals surface area contributed by atoms with E-state index in [4.69, 9.17) is 9.73 Å². The number of benzene rings is 2. The molecule has 0 aliphatic rings. The largest absolute Gasteiger partial charge is 0.492 e. The molecule has 0 aliphatic heterocycles. The molecule has 28 heavy (non-hydrogen) atoms. The number of aliphatic imine (C=N–C) groups is 1. The van der Waals surface area contributed by atoms with Crippen LogP contribution < -0.4 is 4.74 Å². The molecule has 1 heterocycles. The van der Waals surface area contributed by atoms with Crippen molar-refractivity contribution in [2.75, 3.05) is 20.7 Å². The van der Waals surface area contributed by atoms with E-state index in [-0.39, 0.29) is 9.96 Å². The molecule has 2 aromatic carbocycles. The van der Waals surface area contributed by atoms with Crippen molar-refractivity contribution in [1.82, 2.24) is 4.31 Å². The van der Waals surface area contributed by atoms with Crippen LogP contribution in [-0.2, 0) is 10.0 Å². The van der Waals surface area contributed by atoms with E-state index in [2.05, 4.69) is 0 Å². The molecule has 0 aliphatic carbocycles. The van der Waals surface area contributed by atoms with E-state index < -0.39 is 10.0 Å². The zero-order chi connectivity index (χ0) is 20.1. The lowest BCUT2D eigenvalue weighted by molar-refractivity contribution is 0.404. The van der Waals surface area contributed by atoms with Crippen molar-refractivity contribution in [1.29, 1.82) is 0 Å². The summed E-state index contributed by atoms with van der Waals surface area (Å²) in [6, 6.07) is 19.6. The third-order valence-electron chi connectivity index (χ3n) is 4.32. The Morgan fingerprint density at radius 3 is 2.04 bits per heavy atom. The highest BCUT2D eigenvalue weighted by molar-refractivity contribution is 7.91. The van der Waals surface area contributed by atoms with Crippen LogP contribution in [0.3, 0.4) is 0 Å². The summed E-state index contributed by atoms with van der Waals surface area (Å²) < 4.78 is 32.5. The Bertz CT molecular complexity index is 1020. The van der Waals surface area contributed by atoms with Crippen molar-refractivity contribution in [2.24, 2.45) is 4.99 Å². The zero-order valence-electron chi connectivity index (χ0n) is 16.0. The van der Waals surface area contributed by atoms with E-state index in [9.17, 15) is 8.42 Å². The van der Waals surface area contributed by atoms with Crippen LogP contribution in [0.1, 0.15) is 18.1 Å². The van der Waals surface area contributed by atoms with Crippen molar-refractivity contribution >= 4 is 32.8 Å². The second-order valence-corrected chi connectivity index (χ2v) is 9.17. The molecule has 0 saturated carbocycles. The van der Waals surface area contributed by atoms with E-state index >= 15 is 0 Å². The standard InChI is InChI=1S/C21H22N2O3S2/c1-4-23(2)28(24,25)21-20(26-3)18(15-27-21)22-19(16-11-7-5-8-12-16)17-13-9-6-10-14-17/h5-15H,4H2,1-3H3. The molecule has 5 nitrogen and oxygen atoms in total. The maximum atomic E-state index is 12.8. The summed E-state index contributed by atoms with van der Waals surface area (Å²) in [5.41, 5.74) is 3.14. The van der Waals surface area contributed by atoms with Gasteiger partial charge in [-0.05, 0) is 0 Å². The zero-order valence-corrected chi connectivity index (χ0v) is 17.6. The van der Waals surface area contributed by atoms with E-state index in [0.717, 1.165) is 28.2 Å². The number of hydrogen-bond acceptors (Lipinski definition) is 5.